The quantitative estimate of drug-likeness (QED) is 0.851. The van der Waals surface area contributed by atoms with Gasteiger partial charge in [0.1, 0.15) is 0 Å². The molecule has 1 saturated heterocycles. The van der Waals surface area contributed by atoms with Gasteiger partial charge < -0.3 is 10.2 Å². The van der Waals surface area contributed by atoms with Crippen LogP contribution in [-0.4, -0.2) is 23.9 Å². The number of hydrogen-bond acceptors (Lipinski definition) is 2. The molecular formula is C20H20N2O. The maximum Gasteiger partial charge on any atom is 0.258 e. The number of fused-ring (bicyclic) bond motifs is 1. The summed E-state index contributed by atoms with van der Waals surface area (Å²) in [5.74, 6) is 0.00984. The van der Waals surface area contributed by atoms with E-state index in [9.17, 15) is 4.79 Å². The Bertz CT molecular complexity index is 758. The Morgan fingerprint density at radius 1 is 0.870 bits per heavy atom. The number of amides is 1. The van der Waals surface area contributed by atoms with Crippen molar-refractivity contribution < 1.29 is 4.79 Å². The van der Waals surface area contributed by atoms with Crippen molar-refractivity contribution in [3.8, 4) is 0 Å². The van der Waals surface area contributed by atoms with E-state index in [1.165, 1.54) is 19.3 Å². The van der Waals surface area contributed by atoms with Gasteiger partial charge in [0, 0.05) is 24.3 Å². The molecule has 2 aliphatic rings. The molecule has 0 atom stereocenters. The van der Waals surface area contributed by atoms with E-state index in [2.05, 4.69) is 22.3 Å². The molecule has 0 saturated carbocycles. The molecule has 2 aromatic rings. The van der Waals surface area contributed by atoms with Gasteiger partial charge in [0.25, 0.3) is 5.91 Å². The number of rotatable bonds is 2. The summed E-state index contributed by atoms with van der Waals surface area (Å²) in [6.07, 6.45) is 3.65. The van der Waals surface area contributed by atoms with Crippen molar-refractivity contribution in [1.29, 1.82) is 0 Å². The van der Waals surface area contributed by atoms with Crippen molar-refractivity contribution in [3.63, 3.8) is 0 Å². The molecule has 2 aromatic carbocycles. The van der Waals surface area contributed by atoms with Gasteiger partial charge in [-0.25, -0.2) is 0 Å². The minimum Gasteiger partial charge on any atom is -0.370 e. The van der Waals surface area contributed by atoms with Gasteiger partial charge in [-0.05, 0) is 30.9 Å². The molecule has 116 valence electrons. The van der Waals surface area contributed by atoms with Crippen LogP contribution in [0, 0.1) is 0 Å². The summed E-state index contributed by atoms with van der Waals surface area (Å²) >= 11 is 0. The number of carbonyl (C=O) groups is 1. The largest absolute Gasteiger partial charge is 0.370 e. The lowest BCUT2D eigenvalue weighted by Gasteiger charge is -2.32. The van der Waals surface area contributed by atoms with Gasteiger partial charge >= 0.3 is 0 Å². The molecule has 1 N–H and O–H groups in total. The Hall–Kier alpha value is -2.55. The molecular weight excluding hydrogens is 284 g/mol. The van der Waals surface area contributed by atoms with Crippen molar-refractivity contribution >= 4 is 22.9 Å². The lowest BCUT2D eigenvalue weighted by atomic mass is 9.97. The molecule has 0 unspecified atom stereocenters. The highest BCUT2D eigenvalue weighted by molar-refractivity contribution is 6.36. The number of para-hydroxylation sites is 1. The highest BCUT2D eigenvalue weighted by atomic mass is 16.2. The molecule has 23 heavy (non-hydrogen) atoms. The minimum absolute atomic E-state index is 0.00984. The molecule has 1 amide bonds. The lowest BCUT2D eigenvalue weighted by molar-refractivity contribution is -0.110. The molecule has 0 radical (unpaired) electrons. The first-order valence-corrected chi connectivity index (χ1v) is 8.30. The van der Waals surface area contributed by atoms with E-state index >= 15 is 0 Å². The number of nitrogens with zero attached hydrogens (tertiary/aromatic N) is 1. The van der Waals surface area contributed by atoms with Gasteiger partial charge in [0.15, 0.2) is 0 Å². The van der Waals surface area contributed by atoms with Crippen LogP contribution in [0.15, 0.2) is 54.6 Å². The molecule has 4 rings (SSSR count). The van der Waals surface area contributed by atoms with Crippen molar-refractivity contribution in [3.05, 3.63) is 65.7 Å². The number of carbonyl (C=O) groups excluding carboxylic acids is 1. The van der Waals surface area contributed by atoms with Crippen LogP contribution in [0.3, 0.4) is 0 Å². The fourth-order valence-corrected chi connectivity index (χ4v) is 3.55. The van der Waals surface area contributed by atoms with E-state index in [-0.39, 0.29) is 5.91 Å². The van der Waals surface area contributed by atoms with Crippen molar-refractivity contribution in [2.24, 2.45) is 0 Å². The van der Waals surface area contributed by atoms with E-state index in [4.69, 9.17) is 0 Å². The zero-order valence-corrected chi connectivity index (χ0v) is 13.1. The number of hydrogen-bond donors (Lipinski definition) is 1. The molecule has 1 fully saturated rings. The van der Waals surface area contributed by atoms with Crippen molar-refractivity contribution in [2.75, 3.05) is 18.4 Å². The van der Waals surface area contributed by atoms with E-state index < -0.39 is 0 Å². The number of piperidine rings is 1. The van der Waals surface area contributed by atoms with Gasteiger partial charge in [-0.2, -0.15) is 0 Å². The second-order valence-electron chi connectivity index (χ2n) is 6.14. The number of benzene rings is 2. The van der Waals surface area contributed by atoms with Gasteiger partial charge in [-0.3, -0.25) is 4.79 Å². The zero-order valence-electron chi connectivity index (χ0n) is 13.1. The van der Waals surface area contributed by atoms with Gasteiger partial charge in [0.2, 0.25) is 0 Å². The highest BCUT2D eigenvalue weighted by Gasteiger charge is 2.30. The number of anilines is 1. The maximum absolute atomic E-state index is 12.7. The summed E-state index contributed by atoms with van der Waals surface area (Å²) < 4.78 is 0. The van der Waals surface area contributed by atoms with Gasteiger partial charge in [-0.15, -0.1) is 0 Å². The Kier molecular flexibility index (Phi) is 3.62. The Balaban J connectivity index is 1.92. The fraction of sp³-hybridized carbons (Fsp3) is 0.250. The first kappa shape index (κ1) is 14.1. The standard InChI is InChI=1S/C20H20N2O/c23-20-18(16-11-5-6-12-17(16)21-20)19(15-9-3-1-4-10-15)22-13-7-2-8-14-22/h1,3-6,9-12H,2,7-8,13-14H2,(H,21,23)/b19-18-. The summed E-state index contributed by atoms with van der Waals surface area (Å²) in [5.41, 5.74) is 4.94. The van der Waals surface area contributed by atoms with E-state index in [0.29, 0.717) is 0 Å². The van der Waals surface area contributed by atoms with E-state index in [0.717, 1.165) is 41.2 Å². The average molecular weight is 304 g/mol. The smallest absolute Gasteiger partial charge is 0.258 e. The summed E-state index contributed by atoms with van der Waals surface area (Å²) in [6.45, 7) is 2.03. The molecule has 2 aliphatic heterocycles. The Morgan fingerprint density at radius 3 is 2.35 bits per heavy atom. The third kappa shape index (κ3) is 2.52. The molecule has 2 heterocycles. The summed E-state index contributed by atoms with van der Waals surface area (Å²) in [6, 6.07) is 18.3. The van der Waals surface area contributed by atoms with Crippen molar-refractivity contribution in [2.45, 2.75) is 19.3 Å². The van der Waals surface area contributed by atoms with Crippen LogP contribution in [0.4, 0.5) is 5.69 Å². The monoisotopic (exact) mass is 304 g/mol. The van der Waals surface area contributed by atoms with E-state index in [1.54, 1.807) is 0 Å². The van der Waals surface area contributed by atoms with Crippen LogP contribution in [0.2, 0.25) is 0 Å². The summed E-state index contributed by atoms with van der Waals surface area (Å²) in [5, 5.41) is 3.01. The maximum atomic E-state index is 12.7. The van der Waals surface area contributed by atoms with Crippen LogP contribution in [0.25, 0.3) is 11.3 Å². The molecule has 0 aliphatic carbocycles. The topological polar surface area (TPSA) is 32.3 Å². The number of nitrogens with one attached hydrogen (secondary N) is 1. The third-order valence-corrected chi connectivity index (χ3v) is 4.63. The normalized spacial score (nSPS) is 19.3. The first-order chi connectivity index (χ1) is 11.3. The van der Waals surface area contributed by atoms with Gasteiger partial charge in [-0.1, -0.05) is 48.5 Å². The van der Waals surface area contributed by atoms with Crippen LogP contribution < -0.4 is 5.32 Å². The highest BCUT2D eigenvalue weighted by Crippen LogP contribution is 2.39. The van der Waals surface area contributed by atoms with Crippen LogP contribution in [0.1, 0.15) is 30.4 Å². The van der Waals surface area contributed by atoms with Crippen LogP contribution >= 0.6 is 0 Å². The minimum atomic E-state index is 0.00984. The molecule has 3 heteroatoms. The van der Waals surface area contributed by atoms with Crippen LogP contribution in [0.5, 0.6) is 0 Å². The average Bonchev–Trinajstić information content (AvgIpc) is 2.94. The molecule has 0 spiro atoms. The zero-order chi connectivity index (χ0) is 15.6. The number of likely N-dealkylation sites (tertiary alicyclic amines) is 1. The van der Waals surface area contributed by atoms with Gasteiger partial charge in [0.05, 0.1) is 11.3 Å². The van der Waals surface area contributed by atoms with Crippen molar-refractivity contribution in [1.82, 2.24) is 4.90 Å². The molecule has 3 nitrogen and oxygen atoms in total. The second kappa shape index (κ2) is 5.92. The Morgan fingerprint density at radius 2 is 1.57 bits per heavy atom. The lowest BCUT2D eigenvalue weighted by Crippen LogP contribution is -2.29. The second-order valence-corrected chi connectivity index (χ2v) is 6.14. The SMILES string of the molecule is O=C1Nc2ccccc2/C1=C(\c1ccccc1)N1CCCCC1. The fourth-order valence-electron chi connectivity index (χ4n) is 3.55. The predicted molar refractivity (Wildman–Crippen MR) is 93.8 cm³/mol. The third-order valence-electron chi connectivity index (χ3n) is 4.63. The first-order valence-electron chi connectivity index (χ1n) is 8.30. The molecule has 0 bridgehead atoms. The summed E-state index contributed by atoms with van der Waals surface area (Å²) in [7, 11) is 0. The summed E-state index contributed by atoms with van der Waals surface area (Å²) in [4.78, 5) is 15.1. The Labute approximate surface area is 136 Å². The van der Waals surface area contributed by atoms with E-state index in [1.807, 2.05) is 42.5 Å². The predicted octanol–water partition coefficient (Wildman–Crippen LogP) is 3.99. The molecule has 0 aromatic heterocycles. The van der Waals surface area contributed by atoms with Crippen LogP contribution in [-0.2, 0) is 4.79 Å².